The Bertz CT molecular complexity index is 271. The number of likely N-dealkylation sites (tertiary alicyclic amines) is 1. The lowest BCUT2D eigenvalue weighted by Crippen LogP contribution is -2.39. The number of nitrogens with zero attached hydrogens (tertiary/aromatic N) is 2. The normalized spacial score (nSPS) is 22.5. The summed E-state index contributed by atoms with van der Waals surface area (Å²) < 4.78 is 15.0. The molecular formula is C10H23N2O4P. The average molecular weight is 266 g/mol. The molecule has 1 unspecified atom stereocenters. The number of phosphoric acid groups is 1. The van der Waals surface area contributed by atoms with Gasteiger partial charge >= 0.3 is 7.82 Å². The van der Waals surface area contributed by atoms with Crippen molar-refractivity contribution in [3.8, 4) is 0 Å². The summed E-state index contributed by atoms with van der Waals surface area (Å²) in [7, 11) is -2.19. The minimum Gasteiger partial charge on any atom is -0.303 e. The zero-order chi connectivity index (χ0) is 12.9. The molecule has 0 bridgehead atoms. The summed E-state index contributed by atoms with van der Waals surface area (Å²) in [5, 5.41) is 0. The number of likely N-dealkylation sites (N-methyl/N-ethyl adjacent to an activating group) is 2. The second kappa shape index (κ2) is 6.83. The van der Waals surface area contributed by atoms with Crippen LogP contribution >= 0.6 is 7.82 Å². The van der Waals surface area contributed by atoms with Crippen LogP contribution in [-0.4, -0.2) is 65.5 Å². The van der Waals surface area contributed by atoms with E-state index in [1.165, 1.54) is 12.8 Å². The Kier molecular flexibility index (Phi) is 6.06. The lowest BCUT2D eigenvalue weighted by atomic mass is 10.2. The number of hydrogen-bond donors (Lipinski definition) is 2. The highest BCUT2D eigenvalue weighted by Gasteiger charge is 2.23. The highest BCUT2D eigenvalue weighted by molar-refractivity contribution is 7.46. The first-order chi connectivity index (χ1) is 7.92. The van der Waals surface area contributed by atoms with Gasteiger partial charge in [-0.1, -0.05) is 6.92 Å². The molecule has 102 valence electrons. The van der Waals surface area contributed by atoms with Crippen LogP contribution < -0.4 is 0 Å². The molecule has 1 rings (SSSR count). The molecule has 1 heterocycles. The van der Waals surface area contributed by atoms with Gasteiger partial charge in [0, 0.05) is 19.1 Å². The SMILES string of the molecule is CCN(CCOP(=O)(O)O)CC1CCCN1C. The van der Waals surface area contributed by atoms with E-state index in [2.05, 4.69) is 21.4 Å². The van der Waals surface area contributed by atoms with Crippen molar-refractivity contribution in [2.24, 2.45) is 0 Å². The van der Waals surface area contributed by atoms with Gasteiger partial charge in [0.1, 0.15) is 0 Å². The van der Waals surface area contributed by atoms with Crippen LogP contribution in [0.15, 0.2) is 0 Å². The quantitative estimate of drug-likeness (QED) is 0.654. The van der Waals surface area contributed by atoms with Crippen LogP contribution in [0.5, 0.6) is 0 Å². The monoisotopic (exact) mass is 266 g/mol. The minimum atomic E-state index is -4.32. The summed E-state index contributed by atoms with van der Waals surface area (Å²) in [6.07, 6.45) is 2.43. The molecule has 0 aromatic heterocycles. The Morgan fingerprint density at radius 3 is 2.71 bits per heavy atom. The predicted molar refractivity (Wildman–Crippen MR) is 65.8 cm³/mol. The predicted octanol–water partition coefficient (Wildman–Crippen LogP) is 0.512. The number of rotatable bonds is 7. The Morgan fingerprint density at radius 1 is 1.53 bits per heavy atom. The van der Waals surface area contributed by atoms with Gasteiger partial charge < -0.3 is 14.7 Å². The first kappa shape index (κ1) is 15.1. The van der Waals surface area contributed by atoms with E-state index in [-0.39, 0.29) is 6.61 Å². The van der Waals surface area contributed by atoms with Crippen molar-refractivity contribution in [2.45, 2.75) is 25.8 Å². The molecule has 1 fully saturated rings. The van der Waals surface area contributed by atoms with Crippen LogP contribution in [0.4, 0.5) is 0 Å². The Hall–Kier alpha value is 0.0300. The summed E-state index contributed by atoms with van der Waals surface area (Å²) in [6.45, 7) is 5.64. The second-order valence-electron chi connectivity index (χ2n) is 4.49. The van der Waals surface area contributed by atoms with E-state index < -0.39 is 7.82 Å². The second-order valence-corrected chi connectivity index (χ2v) is 5.73. The van der Waals surface area contributed by atoms with Crippen molar-refractivity contribution in [1.29, 1.82) is 0 Å². The van der Waals surface area contributed by atoms with Gasteiger partial charge in [-0.25, -0.2) is 4.57 Å². The van der Waals surface area contributed by atoms with Gasteiger partial charge in [-0.3, -0.25) is 9.42 Å². The van der Waals surface area contributed by atoms with Gasteiger partial charge in [-0.2, -0.15) is 0 Å². The van der Waals surface area contributed by atoms with Crippen molar-refractivity contribution in [3.63, 3.8) is 0 Å². The Labute approximate surface area is 103 Å². The van der Waals surface area contributed by atoms with Gasteiger partial charge in [0.05, 0.1) is 6.61 Å². The van der Waals surface area contributed by atoms with Crippen LogP contribution in [0, 0.1) is 0 Å². The van der Waals surface area contributed by atoms with E-state index in [0.717, 1.165) is 19.6 Å². The molecule has 17 heavy (non-hydrogen) atoms. The maximum absolute atomic E-state index is 10.5. The summed E-state index contributed by atoms with van der Waals surface area (Å²) in [5.41, 5.74) is 0. The highest BCUT2D eigenvalue weighted by Crippen LogP contribution is 2.35. The molecule has 0 amide bonds. The zero-order valence-corrected chi connectivity index (χ0v) is 11.5. The molecule has 0 spiro atoms. The van der Waals surface area contributed by atoms with E-state index in [4.69, 9.17) is 9.79 Å². The zero-order valence-electron chi connectivity index (χ0n) is 10.6. The molecule has 0 aliphatic carbocycles. The third-order valence-electron chi connectivity index (χ3n) is 3.25. The van der Waals surface area contributed by atoms with E-state index >= 15 is 0 Å². The Balaban J connectivity index is 2.26. The lowest BCUT2D eigenvalue weighted by molar-refractivity contribution is 0.145. The van der Waals surface area contributed by atoms with Crippen LogP contribution in [0.1, 0.15) is 19.8 Å². The Morgan fingerprint density at radius 2 is 2.24 bits per heavy atom. The molecule has 1 saturated heterocycles. The molecule has 1 aliphatic heterocycles. The molecule has 0 saturated carbocycles. The highest BCUT2D eigenvalue weighted by atomic mass is 31.2. The molecule has 7 heteroatoms. The van der Waals surface area contributed by atoms with Gasteiger partial charge in [0.2, 0.25) is 0 Å². The lowest BCUT2D eigenvalue weighted by Gasteiger charge is -2.27. The molecule has 0 aromatic carbocycles. The number of phosphoric ester groups is 1. The molecule has 2 N–H and O–H groups in total. The minimum absolute atomic E-state index is 0.0779. The fourth-order valence-corrected chi connectivity index (χ4v) is 2.49. The number of hydrogen-bond acceptors (Lipinski definition) is 4. The average Bonchev–Trinajstić information content (AvgIpc) is 2.61. The van der Waals surface area contributed by atoms with Crippen molar-refractivity contribution >= 4 is 7.82 Å². The molecule has 1 atom stereocenters. The van der Waals surface area contributed by atoms with Gasteiger partial charge in [-0.05, 0) is 33.0 Å². The van der Waals surface area contributed by atoms with Gasteiger partial charge in [-0.15, -0.1) is 0 Å². The first-order valence-electron chi connectivity index (χ1n) is 6.05. The van der Waals surface area contributed by atoms with Crippen LogP contribution in [0.3, 0.4) is 0 Å². The van der Waals surface area contributed by atoms with Crippen LogP contribution in [-0.2, 0) is 9.09 Å². The maximum atomic E-state index is 10.5. The topological polar surface area (TPSA) is 73.2 Å². The maximum Gasteiger partial charge on any atom is 0.469 e. The standard InChI is InChI=1S/C10H23N2O4P/c1-3-12(7-8-16-17(13,14)15)9-10-5-4-6-11(10)2/h10H,3-9H2,1-2H3,(H2,13,14,15). The first-order valence-corrected chi connectivity index (χ1v) is 7.58. The molecule has 0 aromatic rings. The van der Waals surface area contributed by atoms with E-state index in [1.807, 2.05) is 6.92 Å². The fraction of sp³-hybridized carbons (Fsp3) is 1.00. The van der Waals surface area contributed by atoms with Crippen LogP contribution in [0.2, 0.25) is 0 Å². The third kappa shape index (κ3) is 5.95. The summed E-state index contributed by atoms with van der Waals surface area (Å²) in [4.78, 5) is 21.7. The van der Waals surface area contributed by atoms with Crippen molar-refractivity contribution in [1.82, 2.24) is 9.80 Å². The molecule has 1 aliphatic rings. The van der Waals surface area contributed by atoms with E-state index in [0.29, 0.717) is 12.6 Å². The third-order valence-corrected chi connectivity index (χ3v) is 3.77. The van der Waals surface area contributed by atoms with E-state index in [9.17, 15) is 4.57 Å². The smallest absolute Gasteiger partial charge is 0.303 e. The summed E-state index contributed by atoms with van der Waals surface area (Å²) in [5.74, 6) is 0. The summed E-state index contributed by atoms with van der Waals surface area (Å²) in [6, 6.07) is 0.560. The van der Waals surface area contributed by atoms with Gasteiger partial charge in [0.15, 0.2) is 0 Å². The van der Waals surface area contributed by atoms with Gasteiger partial charge in [0.25, 0.3) is 0 Å². The largest absolute Gasteiger partial charge is 0.469 e. The summed E-state index contributed by atoms with van der Waals surface area (Å²) >= 11 is 0. The van der Waals surface area contributed by atoms with Crippen molar-refractivity contribution < 1.29 is 18.9 Å². The molecular weight excluding hydrogens is 243 g/mol. The molecule has 6 nitrogen and oxygen atoms in total. The van der Waals surface area contributed by atoms with Crippen molar-refractivity contribution in [3.05, 3.63) is 0 Å². The van der Waals surface area contributed by atoms with Crippen molar-refractivity contribution in [2.75, 3.05) is 39.8 Å². The van der Waals surface area contributed by atoms with E-state index in [1.54, 1.807) is 0 Å². The fourth-order valence-electron chi connectivity index (χ4n) is 2.18. The molecule has 0 radical (unpaired) electrons. The van der Waals surface area contributed by atoms with Crippen LogP contribution in [0.25, 0.3) is 0 Å².